The number of likely N-dealkylation sites (tertiary alicyclic amines) is 2. The Labute approximate surface area is 361 Å². The zero-order valence-corrected chi connectivity index (χ0v) is 35.7. The second kappa shape index (κ2) is 17.5. The molecule has 0 spiro atoms. The van der Waals surface area contributed by atoms with E-state index in [-0.39, 0.29) is 35.7 Å². The molecule has 4 amide bonds. The second-order valence-electron chi connectivity index (χ2n) is 18.1. The van der Waals surface area contributed by atoms with Gasteiger partial charge in [0.05, 0.1) is 34.2 Å². The van der Waals surface area contributed by atoms with Gasteiger partial charge in [-0.15, -0.1) is 0 Å². The van der Waals surface area contributed by atoms with Crippen molar-refractivity contribution < 1.29 is 29.4 Å². The van der Waals surface area contributed by atoms with Gasteiger partial charge in [-0.2, -0.15) is 0 Å². The number of benzene rings is 3. The number of nitrogens with zero attached hydrogens (tertiary/aromatic N) is 4. The van der Waals surface area contributed by atoms with Crippen molar-refractivity contribution in [3.8, 4) is 22.3 Å². The molecule has 326 valence electrons. The maximum atomic E-state index is 14.0. The van der Waals surface area contributed by atoms with Crippen LogP contribution >= 0.6 is 0 Å². The molecule has 0 bridgehead atoms. The molecule has 2 unspecified atom stereocenters. The molecule has 3 aromatic carbocycles. The summed E-state index contributed by atoms with van der Waals surface area (Å²) in [6, 6.07) is 14.8. The van der Waals surface area contributed by atoms with E-state index in [0.717, 1.165) is 157 Å². The van der Waals surface area contributed by atoms with Crippen LogP contribution in [0.15, 0.2) is 48.5 Å². The summed E-state index contributed by atoms with van der Waals surface area (Å²) in [4.78, 5) is 72.2. The minimum Gasteiger partial charge on any atom is -0.465 e. The van der Waals surface area contributed by atoms with Crippen molar-refractivity contribution in [3.05, 3.63) is 71.3 Å². The van der Waals surface area contributed by atoms with Crippen molar-refractivity contribution in [3.63, 3.8) is 0 Å². The first-order valence-corrected chi connectivity index (χ1v) is 22.7. The first-order chi connectivity index (χ1) is 30.0. The summed E-state index contributed by atoms with van der Waals surface area (Å²) in [5, 5.41) is 24.4. The summed E-state index contributed by atoms with van der Waals surface area (Å²) in [6.07, 6.45) is 10.6. The average molecular weight is 843 g/mol. The fourth-order valence-corrected chi connectivity index (χ4v) is 11.1. The van der Waals surface area contributed by atoms with Gasteiger partial charge in [0, 0.05) is 13.1 Å². The molecule has 14 nitrogen and oxygen atoms in total. The van der Waals surface area contributed by atoms with Gasteiger partial charge in [-0.25, -0.2) is 19.6 Å². The number of carboxylic acid groups (broad SMARTS) is 2. The van der Waals surface area contributed by atoms with Crippen molar-refractivity contribution in [2.75, 3.05) is 13.1 Å². The van der Waals surface area contributed by atoms with E-state index in [0.29, 0.717) is 13.1 Å². The Kier molecular flexibility index (Phi) is 11.7. The number of hydrogen-bond donors (Lipinski definition) is 6. The van der Waals surface area contributed by atoms with Gasteiger partial charge in [-0.1, -0.05) is 62.8 Å². The Morgan fingerprint density at radius 1 is 0.581 bits per heavy atom. The van der Waals surface area contributed by atoms with Crippen LogP contribution in [-0.4, -0.2) is 89.1 Å². The van der Waals surface area contributed by atoms with E-state index in [4.69, 9.17) is 9.97 Å². The summed E-state index contributed by atoms with van der Waals surface area (Å²) >= 11 is 0. The van der Waals surface area contributed by atoms with Crippen LogP contribution in [0.25, 0.3) is 44.3 Å². The Morgan fingerprint density at radius 2 is 0.984 bits per heavy atom. The van der Waals surface area contributed by atoms with Crippen molar-refractivity contribution in [1.82, 2.24) is 40.4 Å². The Hall–Kier alpha value is -5.92. The predicted octanol–water partition coefficient (Wildman–Crippen LogP) is 9.15. The van der Waals surface area contributed by atoms with Crippen LogP contribution in [0, 0.1) is 25.7 Å². The smallest absolute Gasteiger partial charge is 0.405 e. The van der Waals surface area contributed by atoms with Crippen molar-refractivity contribution >= 4 is 46.1 Å². The van der Waals surface area contributed by atoms with E-state index < -0.39 is 24.3 Å². The van der Waals surface area contributed by atoms with Crippen LogP contribution in [0.4, 0.5) is 9.59 Å². The van der Waals surface area contributed by atoms with E-state index in [2.05, 4.69) is 70.8 Å². The Morgan fingerprint density at radius 3 is 1.37 bits per heavy atom. The number of rotatable bonds is 10. The zero-order chi connectivity index (χ0) is 43.1. The molecular formula is C48H58N8O6. The van der Waals surface area contributed by atoms with E-state index in [9.17, 15) is 29.4 Å². The molecular weight excluding hydrogens is 785 g/mol. The lowest BCUT2D eigenvalue weighted by Crippen LogP contribution is -2.52. The average Bonchev–Trinajstić information content (AvgIpc) is 4.11. The highest BCUT2D eigenvalue weighted by Crippen LogP contribution is 2.39. The number of fused-ring (bicyclic) bond motifs is 2. The Balaban J connectivity index is 0.933. The molecule has 2 saturated heterocycles. The highest BCUT2D eigenvalue weighted by atomic mass is 16.4. The molecule has 2 aliphatic heterocycles. The van der Waals surface area contributed by atoms with E-state index in [1.165, 1.54) is 0 Å². The van der Waals surface area contributed by atoms with Crippen molar-refractivity contribution in [2.45, 2.75) is 128 Å². The predicted molar refractivity (Wildman–Crippen MR) is 237 cm³/mol. The van der Waals surface area contributed by atoms with E-state index in [1.807, 2.05) is 21.9 Å². The highest BCUT2D eigenvalue weighted by molar-refractivity contribution is 5.89. The summed E-state index contributed by atoms with van der Waals surface area (Å²) in [5.41, 5.74) is 10.0. The quantitative estimate of drug-likeness (QED) is 0.0800. The number of aromatic amines is 2. The van der Waals surface area contributed by atoms with Gasteiger partial charge in [0.2, 0.25) is 11.8 Å². The van der Waals surface area contributed by atoms with Gasteiger partial charge in [0.1, 0.15) is 23.7 Å². The number of amides is 4. The SMILES string of the molecule is Cc1c(-c2ccc3nc(C4CCCN4C(=O)C(NC(=O)O)C4CCCCC4)[nH]c3c2)ccc(-c2ccc3nc([C@@H]4CCCN4C(=O)[C@@H](NC(=O)O)C4CCCCC4)[nH]c3c2)c1C. The molecule has 4 aliphatic rings. The van der Waals surface area contributed by atoms with Crippen molar-refractivity contribution in [2.24, 2.45) is 11.8 Å². The summed E-state index contributed by atoms with van der Waals surface area (Å²) in [7, 11) is 0. The molecule has 4 heterocycles. The van der Waals surface area contributed by atoms with Crippen LogP contribution in [0.2, 0.25) is 0 Å². The number of H-pyrrole nitrogens is 2. The molecule has 5 aromatic rings. The second-order valence-corrected chi connectivity index (χ2v) is 18.1. The maximum absolute atomic E-state index is 14.0. The first-order valence-electron chi connectivity index (χ1n) is 22.7. The van der Waals surface area contributed by atoms with Crippen LogP contribution in [0.5, 0.6) is 0 Å². The lowest BCUT2D eigenvalue weighted by Gasteiger charge is -2.33. The van der Waals surface area contributed by atoms with Crippen LogP contribution in [0.3, 0.4) is 0 Å². The van der Waals surface area contributed by atoms with Crippen LogP contribution < -0.4 is 10.6 Å². The van der Waals surface area contributed by atoms with Gasteiger partial charge in [0.25, 0.3) is 0 Å². The first kappa shape index (κ1) is 41.4. The molecule has 6 N–H and O–H groups in total. The van der Waals surface area contributed by atoms with E-state index >= 15 is 0 Å². The molecule has 2 aromatic heterocycles. The van der Waals surface area contributed by atoms with Gasteiger partial charge < -0.3 is 40.6 Å². The maximum Gasteiger partial charge on any atom is 0.405 e. The lowest BCUT2D eigenvalue weighted by atomic mass is 9.83. The fraction of sp³-hybridized carbons (Fsp3) is 0.500. The standard InChI is InChI=1S/C48H58N8O6/c1-27-28(2)34(32-18-22-36-38(26-32)52-44(50-36)40-16-10-24-56(40)46(58)42(54-48(61)62)30-13-7-4-8-14-30)20-19-33(27)31-17-21-35-37(25-31)51-43(49-35)39-15-9-23-55(39)45(57)41(53-47(59)60)29-11-5-3-6-12-29/h17-22,25-26,29-30,39-42,53-54H,3-16,23-24H2,1-2H3,(H,49,51)(H,50,52)(H,59,60)(H,61,62)/t39-,40?,41-,42?/m0/s1. The van der Waals surface area contributed by atoms with Gasteiger partial charge in [0.15, 0.2) is 0 Å². The van der Waals surface area contributed by atoms with Gasteiger partial charge in [-0.05, 0) is 135 Å². The molecule has 4 fully saturated rings. The number of hydrogen-bond acceptors (Lipinski definition) is 6. The van der Waals surface area contributed by atoms with Crippen LogP contribution in [-0.2, 0) is 9.59 Å². The molecule has 62 heavy (non-hydrogen) atoms. The summed E-state index contributed by atoms with van der Waals surface area (Å²) in [6.45, 7) is 5.44. The molecule has 0 radical (unpaired) electrons. The Bertz CT molecular complexity index is 2330. The fourth-order valence-electron chi connectivity index (χ4n) is 11.1. The summed E-state index contributed by atoms with van der Waals surface area (Å²) < 4.78 is 0. The normalized spacial score (nSPS) is 21.1. The number of nitrogens with one attached hydrogen (secondary N) is 4. The monoisotopic (exact) mass is 842 g/mol. The minimum atomic E-state index is -1.16. The molecule has 14 heteroatoms. The van der Waals surface area contributed by atoms with Crippen molar-refractivity contribution in [1.29, 1.82) is 0 Å². The molecule has 9 rings (SSSR count). The number of imidazole rings is 2. The number of carbonyl (C=O) groups excluding carboxylic acids is 2. The summed E-state index contributed by atoms with van der Waals surface area (Å²) in [5.74, 6) is 1.18. The highest BCUT2D eigenvalue weighted by Gasteiger charge is 2.41. The molecule has 4 atom stereocenters. The van der Waals surface area contributed by atoms with Crippen LogP contribution in [0.1, 0.15) is 125 Å². The zero-order valence-electron chi connectivity index (χ0n) is 35.7. The third-order valence-electron chi connectivity index (χ3n) is 14.4. The van der Waals surface area contributed by atoms with Gasteiger partial charge in [-0.3, -0.25) is 9.59 Å². The third kappa shape index (κ3) is 8.11. The largest absolute Gasteiger partial charge is 0.465 e. The number of aromatic nitrogens is 4. The lowest BCUT2D eigenvalue weighted by molar-refractivity contribution is -0.136. The molecule has 2 saturated carbocycles. The van der Waals surface area contributed by atoms with E-state index in [1.54, 1.807) is 0 Å². The topological polar surface area (TPSA) is 197 Å². The van der Waals surface area contributed by atoms with Gasteiger partial charge >= 0.3 is 12.2 Å². The molecule has 2 aliphatic carbocycles. The number of carbonyl (C=O) groups is 4. The minimum absolute atomic E-state index is 0.00793. The third-order valence-corrected chi connectivity index (χ3v) is 14.4.